The molecule has 1 rings (SSSR count). The molecule has 1 aromatic rings. The van der Waals surface area contributed by atoms with Crippen molar-refractivity contribution in [1.82, 2.24) is 0 Å². The molecule has 0 amide bonds. The molecule has 0 aliphatic heterocycles. The molecule has 0 atom stereocenters. The second kappa shape index (κ2) is 13.0. The van der Waals surface area contributed by atoms with Gasteiger partial charge < -0.3 is 30.6 Å². The fraction of sp³-hybridized carbons (Fsp3) is 0.294. The lowest BCUT2D eigenvalue weighted by Crippen LogP contribution is -2.20. The van der Waals surface area contributed by atoms with Crippen molar-refractivity contribution in [3.8, 4) is 0 Å². The van der Waals surface area contributed by atoms with E-state index < -0.39 is 23.9 Å². The quantitative estimate of drug-likeness (QED) is 0.381. The number of carbonyl (C=O) groups is 4. The molecule has 0 saturated carbocycles. The number of aliphatic hydroxyl groups excluding tert-OH is 2. The minimum Gasteiger partial charge on any atom is -0.478 e. The Morgan fingerprint density at radius 3 is 1.22 bits per heavy atom. The van der Waals surface area contributed by atoms with Crippen LogP contribution in [0, 0.1) is 5.41 Å². The van der Waals surface area contributed by atoms with Crippen LogP contribution in [0.4, 0.5) is 0 Å². The zero-order valence-electron chi connectivity index (χ0n) is 14.7. The lowest BCUT2D eigenvalue weighted by molar-refractivity contribution is -0.134. The number of aromatic carboxylic acids is 2. The predicted octanol–water partition coefficient (Wildman–Crippen LogP) is 0.792. The Bertz CT molecular complexity index is 621. The first-order valence-electron chi connectivity index (χ1n) is 7.29. The molecule has 0 spiro atoms. The molecule has 27 heavy (non-hydrogen) atoms. The minimum atomic E-state index is -1.26. The van der Waals surface area contributed by atoms with Gasteiger partial charge in [0.15, 0.2) is 0 Å². The van der Waals surface area contributed by atoms with Crippen LogP contribution in [0.25, 0.3) is 0 Å². The summed E-state index contributed by atoms with van der Waals surface area (Å²) in [5, 5.41) is 49.6. The Balaban J connectivity index is 0. The van der Waals surface area contributed by atoms with Crippen molar-refractivity contribution in [3.63, 3.8) is 0 Å². The van der Waals surface area contributed by atoms with Gasteiger partial charge in [-0.2, -0.15) is 0 Å². The third-order valence-electron chi connectivity index (χ3n) is 2.61. The summed E-state index contributed by atoms with van der Waals surface area (Å²) in [6.45, 7) is 3.69. The summed E-state index contributed by atoms with van der Waals surface area (Å²) in [4.78, 5) is 40.0. The van der Waals surface area contributed by atoms with Gasteiger partial charge in [0.25, 0.3) is 0 Å². The molecule has 1 aromatic carbocycles. The van der Waals surface area contributed by atoms with E-state index in [0.717, 1.165) is 0 Å². The molecule has 0 aromatic heterocycles. The van der Waals surface area contributed by atoms with Crippen LogP contribution >= 0.6 is 0 Å². The Morgan fingerprint density at radius 1 is 0.778 bits per heavy atom. The Labute approximate surface area is 154 Å². The highest BCUT2D eigenvalue weighted by atomic mass is 16.4. The maximum Gasteiger partial charge on any atom is 0.336 e. The molecular formula is C17H22O10. The molecule has 0 unspecified atom stereocenters. The number of aliphatic hydroxyl groups is 2. The highest BCUT2D eigenvalue weighted by Gasteiger charge is 2.14. The van der Waals surface area contributed by atoms with Gasteiger partial charge in [0.1, 0.15) is 0 Å². The van der Waals surface area contributed by atoms with E-state index in [1.54, 1.807) is 13.8 Å². The summed E-state index contributed by atoms with van der Waals surface area (Å²) in [5.74, 6) is -4.97. The molecule has 150 valence electrons. The van der Waals surface area contributed by atoms with Crippen molar-refractivity contribution >= 4 is 23.9 Å². The van der Waals surface area contributed by atoms with E-state index >= 15 is 0 Å². The van der Waals surface area contributed by atoms with Gasteiger partial charge in [-0.3, -0.25) is 0 Å². The van der Waals surface area contributed by atoms with Crippen LogP contribution in [0.5, 0.6) is 0 Å². The summed E-state index contributed by atoms with van der Waals surface area (Å²) in [6.07, 6.45) is 1.12. The van der Waals surface area contributed by atoms with Crippen molar-refractivity contribution in [2.45, 2.75) is 13.8 Å². The normalized spacial score (nSPS) is 10.1. The molecule has 0 aliphatic carbocycles. The van der Waals surface area contributed by atoms with Gasteiger partial charge in [-0.25, -0.2) is 19.2 Å². The van der Waals surface area contributed by atoms with Crippen LogP contribution in [0.15, 0.2) is 36.4 Å². The van der Waals surface area contributed by atoms with Gasteiger partial charge >= 0.3 is 23.9 Å². The summed E-state index contributed by atoms with van der Waals surface area (Å²) >= 11 is 0. The lowest BCUT2D eigenvalue weighted by atomic mass is 9.97. The van der Waals surface area contributed by atoms with Gasteiger partial charge in [0, 0.05) is 17.6 Å². The zero-order valence-corrected chi connectivity index (χ0v) is 14.7. The van der Waals surface area contributed by atoms with E-state index in [-0.39, 0.29) is 29.8 Å². The van der Waals surface area contributed by atoms with Crippen LogP contribution in [0.2, 0.25) is 0 Å². The fourth-order valence-corrected chi connectivity index (χ4v) is 1.05. The fourth-order valence-electron chi connectivity index (χ4n) is 1.05. The maximum absolute atomic E-state index is 10.5. The first-order valence-corrected chi connectivity index (χ1v) is 7.29. The molecule has 0 bridgehead atoms. The number of rotatable bonds is 6. The topological polar surface area (TPSA) is 190 Å². The van der Waals surface area contributed by atoms with Crippen molar-refractivity contribution < 1.29 is 49.8 Å². The molecule has 0 aliphatic rings. The lowest BCUT2D eigenvalue weighted by Gasteiger charge is -2.16. The number of carboxylic acid groups (broad SMARTS) is 4. The molecule has 10 nitrogen and oxygen atoms in total. The van der Waals surface area contributed by atoms with E-state index in [0.29, 0.717) is 12.2 Å². The third kappa shape index (κ3) is 13.7. The molecule has 0 heterocycles. The second-order valence-electron chi connectivity index (χ2n) is 5.65. The van der Waals surface area contributed by atoms with Crippen LogP contribution in [0.3, 0.4) is 0 Å². The smallest absolute Gasteiger partial charge is 0.336 e. The minimum absolute atomic E-state index is 0.0451. The van der Waals surface area contributed by atoms with Crippen molar-refractivity contribution in [2.75, 3.05) is 13.2 Å². The number of hydrogen-bond acceptors (Lipinski definition) is 6. The van der Waals surface area contributed by atoms with Gasteiger partial charge in [0.05, 0.1) is 24.3 Å². The Morgan fingerprint density at radius 2 is 1.07 bits per heavy atom. The number of benzene rings is 1. The van der Waals surface area contributed by atoms with Gasteiger partial charge in [-0.1, -0.05) is 26.0 Å². The van der Waals surface area contributed by atoms with E-state index in [9.17, 15) is 19.2 Å². The SMILES string of the molecule is CC(C)(CO)CO.O=C(O)/C=C/C(=O)O.O=C(O)c1ccccc1C(=O)O. The van der Waals surface area contributed by atoms with Crippen LogP contribution in [-0.4, -0.2) is 67.7 Å². The highest BCUT2D eigenvalue weighted by molar-refractivity contribution is 6.01. The summed E-state index contributed by atoms with van der Waals surface area (Å²) in [6, 6.07) is 5.48. The van der Waals surface area contributed by atoms with Crippen molar-refractivity contribution in [3.05, 3.63) is 47.5 Å². The predicted molar refractivity (Wildman–Crippen MR) is 92.7 cm³/mol. The molecule has 0 saturated heterocycles. The van der Waals surface area contributed by atoms with Crippen LogP contribution in [-0.2, 0) is 9.59 Å². The van der Waals surface area contributed by atoms with Gasteiger partial charge in [0.2, 0.25) is 0 Å². The Hall–Kier alpha value is -3.24. The highest BCUT2D eigenvalue weighted by Crippen LogP contribution is 2.10. The zero-order chi connectivity index (χ0) is 21.6. The summed E-state index contributed by atoms with van der Waals surface area (Å²) in [7, 11) is 0. The van der Waals surface area contributed by atoms with Crippen molar-refractivity contribution in [2.24, 2.45) is 5.41 Å². The Kier molecular flexibility index (Phi) is 12.5. The molecule has 10 heteroatoms. The first kappa shape index (κ1) is 26.0. The van der Waals surface area contributed by atoms with E-state index in [1.165, 1.54) is 24.3 Å². The molecule has 0 fully saturated rings. The largest absolute Gasteiger partial charge is 0.478 e. The van der Waals surface area contributed by atoms with E-state index in [4.69, 9.17) is 30.6 Å². The van der Waals surface area contributed by atoms with E-state index in [2.05, 4.69) is 0 Å². The average molecular weight is 386 g/mol. The van der Waals surface area contributed by atoms with Crippen molar-refractivity contribution in [1.29, 1.82) is 0 Å². The van der Waals surface area contributed by atoms with Crippen LogP contribution < -0.4 is 0 Å². The summed E-state index contributed by atoms with van der Waals surface area (Å²) < 4.78 is 0. The standard InChI is InChI=1S/C8H6O4.C5H12O2.C4H4O4/c9-7(10)5-3-1-2-4-6(5)8(11)12;1-5(2,3-6)4-7;5-3(6)1-2-4(7)8/h1-4H,(H,9,10)(H,11,12);6-7H,3-4H2,1-2H3;1-2H,(H,5,6)(H,7,8)/b;;2-1+. The maximum atomic E-state index is 10.5. The number of aliphatic carboxylic acids is 2. The third-order valence-corrected chi connectivity index (χ3v) is 2.61. The summed E-state index contributed by atoms with van der Waals surface area (Å²) in [5.41, 5.74) is -0.685. The van der Waals surface area contributed by atoms with E-state index in [1.807, 2.05) is 0 Å². The van der Waals surface area contributed by atoms with Gasteiger partial charge in [-0.05, 0) is 12.1 Å². The monoisotopic (exact) mass is 386 g/mol. The number of hydrogen-bond donors (Lipinski definition) is 6. The molecular weight excluding hydrogens is 364 g/mol. The first-order chi connectivity index (χ1) is 12.4. The number of carboxylic acids is 4. The molecule has 0 radical (unpaired) electrons. The van der Waals surface area contributed by atoms with Gasteiger partial charge in [-0.15, -0.1) is 0 Å². The van der Waals surface area contributed by atoms with Crippen LogP contribution in [0.1, 0.15) is 34.6 Å². The second-order valence-corrected chi connectivity index (χ2v) is 5.65. The molecule has 6 N–H and O–H groups in total. The average Bonchev–Trinajstić information content (AvgIpc) is 2.61.